The summed E-state index contributed by atoms with van der Waals surface area (Å²) in [5, 5.41) is 4.26. The highest BCUT2D eigenvalue weighted by atomic mass is 79.9. The molecule has 1 aromatic carbocycles. The molecule has 0 bridgehead atoms. The van der Waals surface area contributed by atoms with E-state index in [9.17, 15) is 4.79 Å². The van der Waals surface area contributed by atoms with Gasteiger partial charge in [0.1, 0.15) is 0 Å². The Morgan fingerprint density at radius 2 is 2.28 bits per heavy atom. The monoisotopic (exact) mass is 307 g/mol. The largest absolute Gasteiger partial charge is 0.361 e. The average Bonchev–Trinajstić information content (AvgIpc) is 2.75. The summed E-state index contributed by atoms with van der Waals surface area (Å²) >= 11 is 3.48. The molecule has 0 saturated carbocycles. The predicted molar refractivity (Wildman–Crippen MR) is 74.3 cm³/mol. The Bertz CT molecular complexity index is 593. The quantitative estimate of drug-likeness (QED) is 0.890. The first-order valence-corrected chi connectivity index (χ1v) is 6.77. The molecule has 5 heteroatoms. The number of carbonyl (C=O) groups is 1. The fourth-order valence-corrected chi connectivity index (χ4v) is 2.66. The first-order valence-electron chi connectivity index (χ1n) is 5.98. The van der Waals surface area contributed by atoms with E-state index in [0.717, 1.165) is 23.1 Å². The number of halogens is 1. The lowest BCUT2D eigenvalue weighted by Gasteiger charge is -2.27. The molecule has 1 aromatic heterocycles. The SMILES string of the molecule is O=C1CNCCN1Cc1c[nH]c2ccc(Br)cc12. The standard InChI is InChI=1S/C13H14BrN3O/c14-10-1-2-12-11(5-10)9(6-16-12)8-17-4-3-15-7-13(17)18/h1-2,5-6,15-16H,3-4,7-8H2. The van der Waals surface area contributed by atoms with Crippen molar-refractivity contribution in [2.75, 3.05) is 19.6 Å². The van der Waals surface area contributed by atoms with Gasteiger partial charge in [-0.3, -0.25) is 4.79 Å². The van der Waals surface area contributed by atoms with Gasteiger partial charge in [0.05, 0.1) is 6.54 Å². The molecule has 2 aromatic rings. The lowest BCUT2D eigenvalue weighted by atomic mass is 10.1. The van der Waals surface area contributed by atoms with E-state index in [2.05, 4.69) is 32.3 Å². The molecule has 1 saturated heterocycles. The number of amides is 1. The Balaban J connectivity index is 1.90. The van der Waals surface area contributed by atoms with Gasteiger partial charge in [0.2, 0.25) is 5.91 Å². The number of piperazine rings is 1. The second kappa shape index (κ2) is 4.74. The van der Waals surface area contributed by atoms with Gasteiger partial charge in [-0.25, -0.2) is 0 Å². The number of aromatic amines is 1. The van der Waals surface area contributed by atoms with Crippen molar-refractivity contribution < 1.29 is 4.79 Å². The zero-order chi connectivity index (χ0) is 12.5. The molecule has 1 aliphatic rings. The molecule has 18 heavy (non-hydrogen) atoms. The second-order valence-electron chi connectivity index (χ2n) is 4.50. The zero-order valence-electron chi connectivity index (χ0n) is 9.87. The summed E-state index contributed by atoms with van der Waals surface area (Å²) in [6.45, 7) is 2.78. The normalized spacial score (nSPS) is 16.5. The Labute approximate surface area is 113 Å². The summed E-state index contributed by atoms with van der Waals surface area (Å²) in [7, 11) is 0. The number of fused-ring (bicyclic) bond motifs is 1. The van der Waals surface area contributed by atoms with Crippen LogP contribution in [0.2, 0.25) is 0 Å². The van der Waals surface area contributed by atoms with Gasteiger partial charge in [-0.15, -0.1) is 0 Å². The number of aromatic nitrogens is 1. The summed E-state index contributed by atoms with van der Waals surface area (Å²) in [4.78, 5) is 16.9. The number of hydrogen-bond acceptors (Lipinski definition) is 2. The molecule has 1 aliphatic heterocycles. The first-order chi connectivity index (χ1) is 8.74. The minimum atomic E-state index is 0.172. The number of H-pyrrole nitrogens is 1. The minimum Gasteiger partial charge on any atom is -0.361 e. The second-order valence-corrected chi connectivity index (χ2v) is 5.41. The van der Waals surface area contributed by atoms with Crippen LogP contribution in [-0.2, 0) is 11.3 Å². The average molecular weight is 308 g/mol. The molecule has 0 atom stereocenters. The number of carbonyl (C=O) groups excluding carboxylic acids is 1. The van der Waals surface area contributed by atoms with Gasteiger partial charge in [-0.2, -0.15) is 0 Å². The van der Waals surface area contributed by atoms with Gasteiger partial charge in [-0.05, 0) is 23.8 Å². The van der Waals surface area contributed by atoms with E-state index in [0.29, 0.717) is 13.1 Å². The first kappa shape index (κ1) is 11.7. The Hall–Kier alpha value is -1.33. The maximum atomic E-state index is 11.8. The van der Waals surface area contributed by atoms with Crippen molar-refractivity contribution in [3.63, 3.8) is 0 Å². The molecule has 2 heterocycles. The van der Waals surface area contributed by atoms with Gasteiger partial charge >= 0.3 is 0 Å². The molecule has 4 nitrogen and oxygen atoms in total. The van der Waals surface area contributed by atoms with E-state index >= 15 is 0 Å². The van der Waals surface area contributed by atoms with Crippen LogP contribution in [0.5, 0.6) is 0 Å². The lowest BCUT2D eigenvalue weighted by molar-refractivity contribution is -0.132. The number of nitrogens with one attached hydrogen (secondary N) is 2. The van der Waals surface area contributed by atoms with Crippen LogP contribution in [0.3, 0.4) is 0 Å². The van der Waals surface area contributed by atoms with Gasteiger partial charge in [0, 0.05) is 41.2 Å². The molecule has 3 rings (SSSR count). The van der Waals surface area contributed by atoms with E-state index in [1.54, 1.807) is 0 Å². The van der Waals surface area contributed by atoms with E-state index in [1.807, 2.05) is 23.2 Å². The highest BCUT2D eigenvalue weighted by Crippen LogP contribution is 2.23. The van der Waals surface area contributed by atoms with Gasteiger partial charge < -0.3 is 15.2 Å². The zero-order valence-corrected chi connectivity index (χ0v) is 11.5. The van der Waals surface area contributed by atoms with Gasteiger partial charge in [0.25, 0.3) is 0 Å². The number of benzene rings is 1. The van der Waals surface area contributed by atoms with E-state index in [-0.39, 0.29) is 5.91 Å². The number of nitrogens with zero attached hydrogens (tertiary/aromatic N) is 1. The lowest BCUT2D eigenvalue weighted by Crippen LogP contribution is -2.47. The molecule has 0 aliphatic carbocycles. The van der Waals surface area contributed by atoms with Crippen molar-refractivity contribution in [3.05, 3.63) is 34.4 Å². The van der Waals surface area contributed by atoms with Crippen LogP contribution in [0.4, 0.5) is 0 Å². The smallest absolute Gasteiger partial charge is 0.236 e. The number of hydrogen-bond donors (Lipinski definition) is 2. The molecule has 0 radical (unpaired) electrons. The van der Waals surface area contributed by atoms with Crippen LogP contribution < -0.4 is 5.32 Å². The fraction of sp³-hybridized carbons (Fsp3) is 0.308. The van der Waals surface area contributed by atoms with Crippen LogP contribution in [0.25, 0.3) is 10.9 Å². The summed E-state index contributed by atoms with van der Waals surface area (Å²) < 4.78 is 1.06. The molecular weight excluding hydrogens is 294 g/mol. The van der Waals surface area contributed by atoms with Crippen molar-refractivity contribution in [2.45, 2.75) is 6.54 Å². The molecule has 94 valence electrons. The maximum Gasteiger partial charge on any atom is 0.236 e. The number of rotatable bonds is 2. The van der Waals surface area contributed by atoms with Crippen LogP contribution in [0, 0.1) is 0 Å². The Kier molecular flexibility index (Phi) is 3.09. The van der Waals surface area contributed by atoms with Crippen molar-refractivity contribution in [1.29, 1.82) is 0 Å². The third-order valence-electron chi connectivity index (χ3n) is 3.28. The van der Waals surface area contributed by atoms with Gasteiger partial charge in [-0.1, -0.05) is 15.9 Å². The minimum absolute atomic E-state index is 0.172. The third-order valence-corrected chi connectivity index (χ3v) is 3.77. The van der Waals surface area contributed by atoms with Crippen molar-refractivity contribution in [2.24, 2.45) is 0 Å². The Morgan fingerprint density at radius 3 is 3.11 bits per heavy atom. The topological polar surface area (TPSA) is 48.1 Å². The van der Waals surface area contributed by atoms with E-state index in [1.165, 1.54) is 10.9 Å². The summed E-state index contributed by atoms with van der Waals surface area (Å²) in [5.74, 6) is 0.172. The fourth-order valence-electron chi connectivity index (χ4n) is 2.30. The predicted octanol–water partition coefficient (Wildman–Crippen LogP) is 1.86. The Morgan fingerprint density at radius 1 is 1.39 bits per heavy atom. The molecule has 0 unspecified atom stereocenters. The van der Waals surface area contributed by atoms with E-state index in [4.69, 9.17) is 0 Å². The third kappa shape index (κ3) is 2.15. The molecule has 1 amide bonds. The molecule has 0 spiro atoms. The maximum absolute atomic E-state index is 11.8. The van der Waals surface area contributed by atoms with Crippen LogP contribution in [-0.4, -0.2) is 35.4 Å². The van der Waals surface area contributed by atoms with Gasteiger partial charge in [0.15, 0.2) is 0 Å². The van der Waals surface area contributed by atoms with E-state index < -0.39 is 0 Å². The summed E-state index contributed by atoms with van der Waals surface area (Å²) in [6, 6.07) is 6.15. The highest BCUT2D eigenvalue weighted by Gasteiger charge is 2.18. The molecule has 1 fully saturated rings. The van der Waals surface area contributed by atoms with Crippen LogP contribution >= 0.6 is 15.9 Å². The van der Waals surface area contributed by atoms with Crippen LogP contribution in [0.1, 0.15) is 5.56 Å². The summed E-state index contributed by atoms with van der Waals surface area (Å²) in [6.07, 6.45) is 1.99. The molecular formula is C13H14BrN3O. The summed E-state index contributed by atoms with van der Waals surface area (Å²) in [5.41, 5.74) is 2.28. The van der Waals surface area contributed by atoms with Crippen LogP contribution in [0.15, 0.2) is 28.9 Å². The van der Waals surface area contributed by atoms with Crippen molar-refractivity contribution >= 4 is 32.7 Å². The highest BCUT2D eigenvalue weighted by molar-refractivity contribution is 9.10. The van der Waals surface area contributed by atoms with Crippen molar-refractivity contribution in [1.82, 2.24) is 15.2 Å². The van der Waals surface area contributed by atoms with Crippen molar-refractivity contribution in [3.8, 4) is 0 Å². The molecule has 2 N–H and O–H groups in total.